The van der Waals surface area contributed by atoms with Crippen molar-refractivity contribution in [2.75, 3.05) is 13.6 Å². The highest BCUT2D eigenvalue weighted by atomic mass is 35.5. The van der Waals surface area contributed by atoms with Gasteiger partial charge in [0.1, 0.15) is 6.04 Å². The minimum Gasteiger partial charge on any atom is -0.480 e. The minimum absolute atomic E-state index is 0.311. The van der Waals surface area contributed by atoms with Gasteiger partial charge in [0, 0.05) is 17.6 Å². The first kappa shape index (κ1) is 16.3. The molecular formula is C16H23ClN2O2. The Morgan fingerprint density at radius 2 is 2.33 bits per heavy atom. The lowest BCUT2D eigenvalue weighted by atomic mass is 9.95. The van der Waals surface area contributed by atoms with Crippen molar-refractivity contribution in [3.05, 3.63) is 34.9 Å². The number of piperidine rings is 1. The van der Waals surface area contributed by atoms with Crippen molar-refractivity contribution in [1.82, 2.24) is 10.2 Å². The van der Waals surface area contributed by atoms with Crippen LogP contribution in [0.2, 0.25) is 5.02 Å². The van der Waals surface area contributed by atoms with Crippen molar-refractivity contribution in [2.24, 2.45) is 0 Å². The number of likely N-dealkylation sites (tertiary alicyclic amines) is 1. The van der Waals surface area contributed by atoms with Gasteiger partial charge in [0.25, 0.3) is 0 Å². The molecule has 0 aromatic heterocycles. The van der Waals surface area contributed by atoms with E-state index in [4.69, 9.17) is 11.6 Å². The third kappa shape index (κ3) is 4.70. The van der Waals surface area contributed by atoms with Crippen LogP contribution in [0.1, 0.15) is 31.2 Å². The molecule has 1 aromatic carbocycles. The van der Waals surface area contributed by atoms with E-state index in [0.717, 1.165) is 24.5 Å². The minimum atomic E-state index is -0.772. The Balaban J connectivity index is 2.03. The molecule has 2 atom stereocenters. The monoisotopic (exact) mass is 310 g/mol. The number of hydrogen-bond acceptors (Lipinski definition) is 3. The number of aliphatic carboxylic acids is 1. The highest BCUT2D eigenvalue weighted by molar-refractivity contribution is 6.30. The normalized spacial score (nSPS) is 21.1. The number of nitrogens with zero attached hydrogens (tertiary/aromatic N) is 1. The maximum absolute atomic E-state index is 11.2. The summed E-state index contributed by atoms with van der Waals surface area (Å²) in [6.07, 6.45) is 4.06. The van der Waals surface area contributed by atoms with Crippen LogP contribution in [0, 0.1) is 0 Å². The molecule has 0 aliphatic carbocycles. The van der Waals surface area contributed by atoms with Crippen molar-refractivity contribution in [3.8, 4) is 0 Å². The summed E-state index contributed by atoms with van der Waals surface area (Å²) in [5.41, 5.74) is 1.19. The quantitative estimate of drug-likeness (QED) is 0.848. The fourth-order valence-corrected chi connectivity index (χ4v) is 3.23. The van der Waals surface area contributed by atoms with Crippen LogP contribution in [0.5, 0.6) is 0 Å². The molecule has 0 saturated carbocycles. The Bertz CT molecular complexity index is 481. The molecule has 1 aliphatic heterocycles. The van der Waals surface area contributed by atoms with E-state index in [1.807, 2.05) is 18.2 Å². The van der Waals surface area contributed by atoms with Gasteiger partial charge in [-0.15, -0.1) is 0 Å². The van der Waals surface area contributed by atoms with Gasteiger partial charge in [-0.3, -0.25) is 9.69 Å². The van der Waals surface area contributed by atoms with Crippen molar-refractivity contribution in [2.45, 2.75) is 44.3 Å². The Morgan fingerprint density at radius 3 is 3.00 bits per heavy atom. The first-order valence-electron chi connectivity index (χ1n) is 7.48. The van der Waals surface area contributed by atoms with Crippen LogP contribution < -0.4 is 5.32 Å². The van der Waals surface area contributed by atoms with Crippen LogP contribution in [0.15, 0.2) is 24.3 Å². The highest BCUT2D eigenvalue weighted by Crippen LogP contribution is 2.24. The van der Waals surface area contributed by atoms with E-state index in [9.17, 15) is 9.90 Å². The van der Waals surface area contributed by atoms with E-state index in [1.165, 1.54) is 18.4 Å². The van der Waals surface area contributed by atoms with Gasteiger partial charge in [-0.1, -0.05) is 30.2 Å². The predicted molar refractivity (Wildman–Crippen MR) is 84.6 cm³/mol. The van der Waals surface area contributed by atoms with E-state index in [0.29, 0.717) is 12.5 Å². The summed E-state index contributed by atoms with van der Waals surface area (Å²) in [7, 11) is 1.71. The lowest BCUT2D eigenvalue weighted by molar-refractivity contribution is -0.140. The van der Waals surface area contributed by atoms with Gasteiger partial charge in [-0.2, -0.15) is 0 Å². The lowest BCUT2D eigenvalue weighted by Crippen LogP contribution is -2.45. The van der Waals surface area contributed by atoms with E-state index in [2.05, 4.69) is 16.3 Å². The number of halogens is 1. The molecule has 1 aromatic rings. The standard InChI is InChI=1S/C16H23ClN2O2/c1-18-15(16(20)21)10-14-7-2-3-8-19(14)11-12-5-4-6-13(17)9-12/h4-6,9,14-15,18H,2-3,7-8,10-11H2,1H3,(H,20,21). The van der Waals surface area contributed by atoms with Crippen LogP contribution >= 0.6 is 11.6 Å². The third-order valence-corrected chi connectivity index (χ3v) is 4.41. The summed E-state index contributed by atoms with van der Waals surface area (Å²) in [6, 6.07) is 7.73. The molecule has 2 unspecified atom stereocenters. The van der Waals surface area contributed by atoms with E-state index in [-0.39, 0.29) is 0 Å². The first-order chi connectivity index (χ1) is 10.1. The molecule has 1 aliphatic rings. The summed E-state index contributed by atoms with van der Waals surface area (Å²) in [4.78, 5) is 13.6. The van der Waals surface area contributed by atoms with Crippen LogP contribution in [0.4, 0.5) is 0 Å². The fraction of sp³-hybridized carbons (Fsp3) is 0.562. The number of benzene rings is 1. The third-order valence-electron chi connectivity index (χ3n) is 4.18. The Hall–Kier alpha value is -1.10. The first-order valence-corrected chi connectivity index (χ1v) is 7.86. The summed E-state index contributed by atoms with van der Waals surface area (Å²) in [5, 5.41) is 12.9. The van der Waals surface area contributed by atoms with Crippen LogP contribution in [-0.2, 0) is 11.3 Å². The average molecular weight is 311 g/mol. The molecular weight excluding hydrogens is 288 g/mol. The van der Waals surface area contributed by atoms with E-state index < -0.39 is 12.0 Å². The average Bonchev–Trinajstić information content (AvgIpc) is 2.46. The number of carbonyl (C=O) groups is 1. The zero-order valence-electron chi connectivity index (χ0n) is 12.4. The summed E-state index contributed by atoms with van der Waals surface area (Å²) < 4.78 is 0. The molecule has 0 bridgehead atoms. The van der Waals surface area contributed by atoms with Crippen molar-refractivity contribution in [1.29, 1.82) is 0 Å². The SMILES string of the molecule is CNC(CC1CCCCN1Cc1cccc(Cl)c1)C(=O)O. The molecule has 1 fully saturated rings. The largest absolute Gasteiger partial charge is 0.480 e. The number of hydrogen-bond donors (Lipinski definition) is 2. The number of rotatable bonds is 6. The smallest absolute Gasteiger partial charge is 0.320 e. The van der Waals surface area contributed by atoms with Crippen LogP contribution in [0.3, 0.4) is 0 Å². The summed E-state index contributed by atoms with van der Waals surface area (Å²) in [6.45, 7) is 1.86. The van der Waals surface area contributed by atoms with Crippen molar-refractivity contribution in [3.63, 3.8) is 0 Å². The topological polar surface area (TPSA) is 52.6 Å². The zero-order chi connectivity index (χ0) is 15.2. The zero-order valence-corrected chi connectivity index (χ0v) is 13.1. The summed E-state index contributed by atoms with van der Waals surface area (Å²) >= 11 is 6.04. The van der Waals surface area contributed by atoms with Gasteiger partial charge < -0.3 is 10.4 Å². The van der Waals surface area contributed by atoms with Gasteiger partial charge in [0.2, 0.25) is 0 Å². The number of carboxylic acids is 1. The van der Waals surface area contributed by atoms with Gasteiger partial charge in [-0.25, -0.2) is 0 Å². The molecule has 2 rings (SSSR count). The predicted octanol–water partition coefficient (Wildman–Crippen LogP) is 2.76. The Labute approximate surface area is 131 Å². The maximum atomic E-state index is 11.2. The molecule has 2 N–H and O–H groups in total. The van der Waals surface area contributed by atoms with Crippen molar-refractivity contribution >= 4 is 17.6 Å². The Morgan fingerprint density at radius 1 is 1.52 bits per heavy atom. The molecule has 0 radical (unpaired) electrons. The lowest BCUT2D eigenvalue weighted by Gasteiger charge is -2.37. The molecule has 1 heterocycles. The van der Waals surface area contributed by atoms with Crippen LogP contribution in [0.25, 0.3) is 0 Å². The van der Waals surface area contributed by atoms with E-state index in [1.54, 1.807) is 7.05 Å². The molecule has 0 spiro atoms. The number of likely N-dealkylation sites (N-methyl/N-ethyl adjacent to an activating group) is 1. The molecule has 5 heteroatoms. The molecule has 21 heavy (non-hydrogen) atoms. The van der Waals surface area contributed by atoms with Gasteiger partial charge in [-0.05, 0) is 50.6 Å². The second-order valence-electron chi connectivity index (χ2n) is 5.67. The molecule has 4 nitrogen and oxygen atoms in total. The van der Waals surface area contributed by atoms with Gasteiger partial charge in [0.05, 0.1) is 0 Å². The Kier molecular flexibility index (Phi) is 6.03. The fourth-order valence-electron chi connectivity index (χ4n) is 3.02. The second kappa shape index (κ2) is 7.78. The number of nitrogens with one attached hydrogen (secondary N) is 1. The maximum Gasteiger partial charge on any atom is 0.320 e. The summed E-state index contributed by atoms with van der Waals surface area (Å²) in [5.74, 6) is -0.772. The van der Waals surface area contributed by atoms with Crippen LogP contribution in [-0.4, -0.2) is 41.7 Å². The van der Waals surface area contributed by atoms with Gasteiger partial charge >= 0.3 is 5.97 Å². The van der Waals surface area contributed by atoms with Crippen molar-refractivity contribution < 1.29 is 9.90 Å². The van der Waals surface area contributed by atoms with Gasteiger partial charge in [0.15, 0.2) is 0 Å². The molecule has 116 valence electrons. The molecule has 1 saturated heterocycles. The molecule has 0 amide bonds. The second-order valence-corrected chi connectivity index (χ2v) is 6.10. The number of carboxylic acid groups (broad SMARTS) is 1. The van der Waals surface area contributed by atoms with E-state index >= 15 is 0 Å². The highest BCUT2D eigenvalue weighted by Gasteiger charge is 2.27.